The summed E-state index contributed by atoms with van der Waals surface area (Å²) < 4.78 is 5.25. The number of aliphatic carboxylic acids is 1. The molecule has 1 saturated heterocycles. The Bertz CT molecular complexity index is 619. The summed E-state index contributed by atoms with van der Waals surface area (Å²) in [5, 5.41) is 11.7. The minimum absolute atomic E-state index is 0.0940. The molecular formula is C20H34N2O6S. The van der Waals surface area contributed by atoms with Crippen molar-refractivity contribution in [3.05, 3.63) is 0 Å². The van der Waals surface area contributed by atoms with E-state index in [1.165, 1.54) is 4.90 Å². The molecular weight excluding hydrogens is 396 g/mol. The number of ether oxygens (including phenoxy) is 1. The zero-order chi connectivity index (χ0) is 22.4. The lowest BCUT2D eigenvalue weighted by atomic mass is 10.0. The normalized spacial score (nSPS) is 19.9. The zero-order valence-corrected chi connectivity index (χ0v) is 19.0. The van der Waals surface area contributed by atoms with Crippen molar-refractivity contribution in [2.24, 2.45) is 11.8 Å². The molecule has 0 bridgehead atoms. The average molecular weight is 431 g/mol. The van der Waals surface area contributed by atoms with Crippen molar-refractivity contribution in [1.29, 1.82) is 0 Å². The molecule has 0 radical (unpaired) electrons. The zero-order valence-electron chi connectivity index (χ0n) is 18.2. The van der Waals surface area contributed by atoms with Crippen LogP contribution in [-0.2, 0) is 19.1 Å². The first kappa shape index (κ1) is 25.3. The van der Waals surface area contributed by atoms with Crippen molar-refractivity contribution in [3.63, 3.8) is 0 Å². The van der Waals surface area contributed by atoms with Gasteiger partial charge in [0.1, 0.15) is 17.7 Å². The molecule has 9 heteroatoms. The second kappa shape index (κ2) is 10.8. The molecule has 1 fully saturated rings. The molecule has 0 spiro atoms. The van der Waals surface area contributed by atoms with Gasteiger partial charge in [0.15, 0.2) is 0 Å². The molecule has 4 atom stereocenters. The topological polar surface area (TPSA) is 113 Å². The van der Waals surface area contributed by atoms with Crippen LogP contribution in [0.2, 0.25) is 0 Å². The number of nitrogens with one attached hydrogen (secondary N) is 1. The molecule has 1 heterocycles. The Labute approximate surface area is 177 Å². The summed E-state index contributed by atoms with van der Waals surface area (Å²) in [6.07, 6.45) is 1.16. The van der Waals surface area contributed by atoms with E-state index in [1.807, 2.05) is 13.8 Å². The number of likely N-dealkylation sites (tertiary alicyclic amines) is 1. The van der Waals surface area contributed by atoms with E-state index >= 15 is 0 Å². The summed E-state index contributed by atoms with van der Waals surface area (Å²) in [5.74, 6) is -1.62. The van der Waals surface area contributed by atoms with Gasteiger partial charge in [0.2, 0.25) is 11.0 Å². The Morgan fingerprint density at radius 1 is 1.24 bits per heavy atom. The molecule has 2 N–H and O–H groups in total. The quantitative estimate of drug-likeness (QED) is 0.609. The molecule has 1 aliphatic heterocycles. The summed E-state index contributed by atoms with van der Waals surface area (Å²) in [6, 6.07) is -1.51. The van der Waals surface area contributed by atoms with Crippen molar-refractivity contribution < 1.29 is 29.0 Å². The number of carbonyl (C=O) groups is 4. The van der Waals surface area contributed by atoms with Crippen LogP contribution in [-0.4, -0.2) is 63.1 Å². The van der Waals surface area contributed by atoms with Gasteiger partial charge in [-0.25, -0.2) is 9.59 Å². The third-order valence-electron chi connectivity index (χ3n) is 4.86. The maximum atomic E-state index is 12.7. The van der Waals surface area contributed by atoms with E-state index in [0.717, 1.165) is 11.8 Å². The first-order valence-corrected chi connectivity index (χ1v) is 11.0. The van der Waals surface area contributed by atoms with E-state index < -0.39 is 35.7 Å². The molecule has 1 aliphatic rings. The van der Waals surface area contributed by atoms with Gasteiger partial charge in [-0.3, -0.25) is 9.59 Å². The van der Waals surface area contributed by atoms with Gasteiger partial charge in [-0.15, -0.1) is 0 Å². The monoisotopic (exact) mass is 430 g/mol. The van der Waals surface area contributed by atoms with Crippen molar-refractivity contribution in [1.82, 2.24) is 10.2 Å². The largest absolute Gasteiger partial charge is 0.480 e. The molecule has 166 valence electrons. The highest BCUT2D eigenvalue weighted by Gasteiger charge is 2.36. The Morgan fingerprint density at radius 2 is 1.86 bits per heavy atom. The van der Waals surface area contributed by atoms with Crippen LogP contribution in [0, 0.1) is 11.8 Å². The van der Waals surface area contributed by atoms with Gasteiger partial charge >= 0.3 is 12.1 Å². The minimum atomic E-state index is -0.995. The molecule has 1 rings (SSSR count). The van der Waals surface area contributed by atoms with E-state index in [1.54, 1.807) is 27.7 Å². The highest BCUT2D eigenvalue weighted by Crippen LogP contribution is 2.23. The number of thioether (sulfide) groups is 1. The van der Waals surface area contributed by atoms with Gasteiger partial charge in [0.05, 0.1) is 0 Å². The van der Waals surface area contributed by atoms with Crippen LogP contribution in [0.1, 0.15) is 60.8 Å². The van der Waals surface area contributed by atoms with Crippen LogP contribution in [0.3, 0.4) is 0 Å². The lowest BCUT2D eigenvalue weighted by molar-refractivity contribution is -0.149. The second-order valence-corrected chi connectivity index (χ2v) is 9.59. The summed E-state index contributed by atoms with van der Waals surface area (Å²) in [6.45, 7) is 11.2. The first-order chi connectivity index (χ1) is 13.4. The fourth-order valence-corrected chi connectivity index (χ4v) is 4.07. The molecule has 0 aromatic rings. The van der Waals surface area contributed by atoms with Gasteiger partial charge in [-0.1, -0.05) is 39.0 Å². The Kier molecular flexibility index (Phi) is 9.45. The fourth-order valence-electron chi connectivity index (χ4n) is 3.04. The number of carboxylic acids is 1. The van der Waals surface area contributed by atoms with Gasteiger partial charge in [0.25, 0.3) is 0 Å². The van der Waals surface area contributed by atoms with Crippen molar-refractivity contribution in [2.75, 3.05) is 12.3 Å². The standard InChI is InChI=1S/C20H34N2O6S/c1-7-12(2)15(21-19(27)28-20(4,5)6)18(26)29-11-13(3)16(23)22-10-8-9-14(22)17(24)25/h12-15H,7-11H2,1-6H3,(H,21,27)(H,24,25)/t12-,13?,14-,15-/m0/s1. The summed E-state index contributed by atoms with van der Waals surface area (Å²) >= 11 is 0.989. The summed E-state index contributed by atoms with van der Waals surface area (Å²) in [7, 11) is 0. The predicted molar refractivity (Wildman–Crippen MR) is 112 cm³/mol. The van der Waals surface area contributed by atoms with Crippen LogP contribution in [0.5, 0.6) is 0 Å². The SMILES string of the molecule is CC[C@H](C)[C@H](NC(=O)OC(C)(C)C)C(=O)SCC(C)C(=O)N1CCC[C@H]1C(=O)O. The van der Waals surface area contributed by atoms with Crippen LogP contribution in [0.25, 0.3) is 0 Å². The Morgan fingerprint density at radius 3 is 2.38 bits per heavy atom. The third-order valence-corrected chi connectivity index (χ3v) is 6.06. The summed E-state index contributed by atoms with van der Waals surface area (Å²) in [4.78, 5) is 50.1. The van der Waals surface area contributed by atoms with Gasteiger partial charge < -0.3 is 20.1 Å². The van der Waals surface area contributed by atoms with Crippen molar-refractivity contribution in [3.8, 4) is 0 Å². The van der Waals surface area contributed by atoms with E-state index in [9.17, 15) is 24.3 Å². The molecule has 0 aromatic carbocycles. The number of carboxylic acid groups (broad SMARTS) is 1. The number of amides is 2. The summed E-state index contributed by atoms with van der Waals surface area (Å²) in [5.41, 5.74) is -0.669. The number of rotatable bonds is 8. The van der Waals surface area contributed by atoms with E-state index in [-0.39, 0.29) is 22.7 Å². The molecule has 8 nitrogen and oxygen atoms in total. The molecule has 0 saturated carbocycles. The molecule has 1 unspecified atom stereocenters. The van der Waals surface area contributed by atoms with E-state index in [0.29, 0.717) is 25.8 Å². The number of carbonyl (C=O) groups excluding carboxylic acids is 3. The maximum Gasteiger partial charge on any atom is 0.408 e. The van der Waals surface area contributed by atoms with Gasteiger partial charge in [0, 0.05) is 18.2 Å². The molecule has 29 heavy (non-hydrogen) atoms. The third kappa shape index (κ3) is 7.87. The van der Waals surface area contributed by atoms with Crippen molar-refractivity contribution in [2.45, 2.75) is 78.5 Å². The number of nitrogens with zero attached hydrogens (tertiary/aromatic N) is 1. The Hall–Kier alpha value is -1.77. The fraction of sp³-hybridized carbons (Fsp3) is 0.800. The molecule has 0 aromatic heterocycles. The first-order valence-electron chi connectivity index (χ1n) is 10.1. The number of hydrogen-bond donors (Lipinski definition) is 2. The minimum Gasteiger partial charge on any atom is -0.480 e. The predicted octanol–water partition coefficient (Wildman–Crippen LogP) is 2.90. The average Bonchev–Trinajstić information content (AvgIpc) is 3.11. The van der Waals surface area contributed by atoms with Crippen LogP contribution >= 0.6 is 11.8 Å². The second-order valence-electron chi connectivity index (χ2n) is 8.57. The highest BCUT2D eigenvalue weighted by atomic mass is 32.2. The smallest absolute Gasteiger partial charge is 0.408 e. The lowest BCUT2D eigenvalue weighted by Gasteiger charge is -2.27. The highest BCUT2D eigenvalue weighted by molar-refractivity contribution is 8.13. The van der Waals surface area contributed by atoms with E-state index in [2.05, 4.69) is 5.32 Å². The Balaban J connectivity index is 2.68. The molecule has 2 amide bonds. The van der Waals surface area contributed by atoms with Crippen LogP contribution < -0.4 is 5.32 Å². The van der Waals surface area contributed by atoms with Gasteiger partial charge in [-0.05, 0) is 39.5 Å². The lowest BCUT2D eigenvalue weighted by Crippen LogP contribution is -2.46. The van der Waals surface area contributed by atoms with Crippen molar-refractivity contribution >= 4 is 34.8 Å². The maximum absolute atomic E-state index is 12.7. The van der Waals surface area contributed by atoms with Crippen LogP contribution in [0.4, 0.5) is 4.79 Å². The van der Waals surface area contributed by atoms with Gasteiger partial charge in [-0.2, -0.15) is 0 Å². The number of hydrogen-bond acceptors (Lipinski definition) is 6. The number of alkyl carbamates (subject to hydrolysis) is 1. The van der Waals surface area contributed by atoms with E-state index in [4.69, 9.17) is 4.74 Å². The van der Waals surface area contributed by atoms with Crippen LogP contribution in [0.15, 0.2) is 0 Å². The molecule has 0 aliphatic carbocycles.